The Kier molecular flexibility index (Phi) is 42.0. The van der Waals surface area contributed by atoms with Gasteiger partial charge in [0.1, 0.15) is 6.33 Å². The average Bonchev–Trinajstić information content (AvgIpc) is 3.27. The summed E-state index contributed by atoms with van der Waals surface area (Å²) in [5.41, 5.74) is 0. The monoisotopic (exact) mass is 871 g/mol. The van der Waals surface area contributed by atoms with Gasteiger partial charge in [0.2, 0.25) is 11.8 Å². The number of hydrogen-bond donors (Lipinski definition) is 0. The Balaban J connectivity index is 2.73. The van der Waals surface area contributed by atoms with Crippen LogP contribution in [0, 0.1) is 0 Å². The fraction of sp³-hybridized carbons (Fsp3) is 0.889. The first-order chi connectivity index (χ1) is 30.5. The molecule has 0 atom stereocenters. The van der Waals surface area contributed by atoms with Gasteiger partial charge in [-0.05, 0) is 25.7 Å². The summed E-state index contributed by atoms with van der Waals surface area (Å²) < 4.78 is 11.7. The normalized spacial score (nSPS) is 11.3. The van der Waals surface area contributed by atoms with Crippen LogP contribution < -0.4 is 9.47 Å². The predicted molar refractivity (Wildman–Crippen MR) is 265 cm³/mol. The molecule has 0 saturated carbocycles. The van der Waals surface area contributed by atoms with E-state index >= 15 is 0 Å². The van der Waals surface area contributed by atoms with E-state index in [9.17, 15) is 9.59 Å². The first-order valence-corrected chi connectivity index (χ1v) is 27.3. The Bertz CT molecular complexity index is 990. The summed E-state index contributed by atoms with van der Waals surface area (Å²) in [7, 11) is 0. The third-order valence-electron chi connectivity index (χ3n) is 12.6. The van der Waals surface area contributed by atoms with Gasteiger partial charge in [0, 0.05) is 26.2 Å². The quantitative estimate of drug-likeness (QED) is 0.0607. The molecule has 62 heavy (non-hydrogen) atoms. The number of carbonyl (C=O) groups is 2. The van der Waals surface area contributed by atoms with Gasteiger partial charge in [-0.1, -0.05) is 259 Å². The van der Waals surface area contributed by atoms with Crippen molar-refractivity contribution in [2.75, 3.05) is 26.2 Å². The summed E-state index contributed by atoms with van der Waals surface area (Å²) in [4.78, 5) is 39.5. The van der Waals surface area contributed by atoms with Crippen LogP contribution in [-0.4, -0.2) is 58.1 Å². The molecule has 8 nitrogen and oxygen atoms in total. The van der Waals surface area contributed by atoms with Crippen LogP contribution >= 0.6 is 0 Å². The van der Waals surface area contributed by atoms with E-state index in [0.717, 1.165) is 51.4 Å². The molecule has 2 amide bonds. The first-order valence-electron chi connectivity index (χ1n) is 27.3. The summed E-state index contributed by atoms with van der Waals surface area (Å²) in [5.74, 6) is 0.250. The first kappa shape index (κ1) is 57.6. The number of hydrogen-bond acceptors (Lipinski definition) is 6. The number of nitrogens with zero attached hydrogens (tertiary/aromatic N) is 4. The molecule has 0 aliphatic rings. The second kappa shape index (κ2) is 45.2. The van der Waals surface area contributed by atoms with Gasteiger partial charge in [-0.25, -0.2) is 19.6 Å². The zero-order valence-electron chi connectivity index (χ0n) is 41.7. The fourth-order valence-corrected chi connectivity index (χ4v) is 8.49. The number of unbranched alkanes of at least 4 members (excludes halogenated alkanes) is 36. The number of ether oxygens (including phenoxy) is 2. The second-order valence-corrected chi connectivity index (χ2v) is 18.6. The summed E-state index contributed by atoms with van der Waals surface area (Å²) in [6, 6.07) is 1.49. The Morgan fingerprint density at radius 3 is 0.742 bits per heavy atom. The minimum absolute atomic E-state index is 0.125. The lowest BCUT2D eigenvalue weighted by atomic mass is 10.1. The van der Waals surface area contributed by atoms with Gasteiger partial charge in [-0.15, -0.1) is 0 Å². The molecule has 1 rings (SSSR count). The molecule has 0 aliphatic heterocycles. The van der Waals surface area contributed by atoms with Crippen LogP contribution in [0.2, 0.25) is 0 Å². The topological polar surface area (TPSA) is 84.9 Å². The van der Waals surface area contributed by atoms with Crippen molar-refractivity contribution in [3.05, 3.63) is 12.4 Å². The predicted octanol–water partition coefficient (Wildman–Crippen LogP) is 17.8. The average molecular weight is 871 g/mol. The van der Waals surface area contributed by atoms with E-state index in [1.807, 2.05) is 9.80 Å². The molecule has 0 saturated heterocycles. The number of rotatable bonds is 46. The van der Waals surface area contributed by atoms with E-state index < -0.39 is 0 Å². The van der Waals surface area contributed by atoms with Crippen molar-refractivity contribution in [2.24, 2.45) is 0 Å². The molecule has 8 heteroatoms. The van der Waals surface area contributed by atoms with Crippen LogP contribution in [0.1, 0.15) is 285 Å². The van der Waals surface area contributed by atoms with Gasteiger partial charge < -0.3 is 19.3 Å². The third-order valence-corrected chi connectivity index (χ3v) is 12.6. The highest BCUT2D eigenvalue weighted by molar-refractivity contribution is 5.71. The zero-order valence-corrected chi connectivity index (χ0v) is 41.7. The minimum Gasteiger partial charge on any atom is -0.391 e. The number of aromatic nitrogens is 2. The number of amides is 2. The van der Waals surface area contributed by atoms with E-state index in [1.165, 1.54) is 218 Å². The van der Waals surface area contributed by atoms with Gasteiger partial charge in [-0.2, -0.15) is 0 Å². The van der Waals surface area contributed by atoms with E-state index in [-0.39, 0.29) is 23.9 Å². The third kappa shape index (κ3) is 36.0. The highest BCUT2D eigenvalue weighted by atomic mass is 16.6. The highest BCUT2D eigenvalue weighted by Crippen LogP contribution is 2.19. The summed E-state index contributed by atoms with van der Waals surface area (Å²) in [6.45, 7) is 11.8. The summed E-state index contributed by atoms with van der Waals surface area (Å²) in [5, 5.41) is 0. The van der Waals surface area contributed by atoms with Gasteiger partial charge in [-0.3, -0.25) is 0 Å². The Morgan fingerprint density at radius 2 is 0.532 bits per heavy atom. The van der Waals surface area contributed by atoms with Gasteiger partial charge >= 0.3 is 12.2 Å². The highest BCUT2D eigenvalue weighted by Gasteiger charge is 2.20. The number of carbonyl (C=O) groups excluding carboxylic acids is 2. The Labute approximate surface area is 384 Å². The van der Waals surface area contributed by atoms with Crippen molar-refractivity contribution in [3.8, 4) is 11.8 Å². The molecule has 0 spiro atoms. The second-order valence-electron chi connectivity index (χ2n) is 18.6. The molecule has 0 N–H and O–H groups in total. The van der Waals surface area contributed by atoms with Crippen molar-refractivity contribution in [3.63, 3.8) is 0 Å². The Morgan fingerprint density at radius 1 is 0.339 bits per heavy atom. The van der Waals surface area contributed by atoms with E-state index in [4.69, 9.17) is 9.47 Å². The van der Waals surface area contributed by atoms with Crippen LogP contribution in [0.15, 0.2) is 12.4 Å². The molecule has 0 aromatic carbocycles. The fourth-order valence-electron chi connectivity index (χ4n) is 8.49. The summed E-state index contributed by atoms with van der Waals surface area (Å²) in [6.07, 6.45) is 50.9. The lowest BCUT2D eigenvalue weighted by molar-refractivity contribution is 0.145. The van der Waals surface area contributed by atoms with Gasteiger partial charge in [0.05, 0.1) is 6.07 Å². The maximum absolute atomic E-state index is 13.6. The lowest BCUT2D eigenvalue weighted by Gasteiger charge is -2.22. The largest absolute Gasteiger partial charge is 0.416 e. The summed E-state index contributed by atoms with van der Waals surface area (Å²) >= 11 is 0. The standard InChI is InChI=1S/C54H102N4O4/c1-5-9-13-17-21-25-29-33-37-41-45-57(46-42-38-34-30-26-22-18-14-10-6-2)53(59)61-51-49-52(56-50-55-51)62-54(60)58(47-43-39-35-31-27-23-19-15-11-7-3)48-44-40-36-32-28-24-20-16-12-8-4/h49-50H,5-48H2,1-4H3. The molecule has 0 aliphatic carbocycles. The van der Waals surface area contributed by atoms with Gasteiger partial charge in [0.15, 0.2) is 0 Å². The molecule has 0 radical (unpaired) electrons. The minimum atomic E-state index is -0.378. The zero-order chi connectivity index (χ0) is 44.8. The Hall–Kier alpha value is -2.38. The molecular weight excluding hydrogens is 769 g/mol. The van der Waals surface area contributed by atoms with Crippen molar-refractivity contribution in [2.45, 2.75) is 285 Å². The maximum Gasteiger partial charge on any atom is 0.416 e. The molecule has 0 bridgehead atoms. The van der Waals surface area contributed by atoms with Crippen molar-refractivity contribution in [1.29, 1.82) is 0 Å². The molecular formula is C54H102N4O4. The van der Waals surface area contributed by atoms with Crippen LogP contribution in [0.5, 0.6) is 11.8 Å². The van der Waals surface area contributed by atoms with Crippen LogP contribution in [0.3, 0.4) is 0 Å². The molecule has 0 fully saturated rings. The SMILES string of the molecule is CCCCCCCCCCCCN(CCCCCCCCCCCC)C(=O)Oc1cc(OC(=O)N(CCCCCCCCCCCC)CCCCCCCCCCCC)ncn1. The molecule has 1 aromatic rings. The maximum atomic E-state index is 13.6. The lowest BCUT2D eigenvalue weighted by Crippen LogP contribution is -2.36. The van der Waals surface area contributed by atoms with Crippen LogP contribution in [0.4, 0.5) is 9.59 Å². The van der Waals surface area contributed by atoms with E-state index in [2.05, 4.69) is 37.7 Å². The van der Waals surface area contributed by atoms with Gasteiger partial charge in [0.25, 0.3) is 0 Å². The molecule has 362 valence electrons. The van der Waals surface area contributed by atoms with E-state index in [0.29, 0.717) is 26.2 Å². The van der Waals surface area contributed by atoms with Crippen molar-refractivity contribution in [1.82, 2.24) is 19.8 Å². The smallest absolute Gasteiger partial charge is 0.391 e. The van der Waals surface area contributed by atoms with Crippen molar-refractivity contribution >= 4 is 12.2 Å². The van der Waals surface area contributed by atoms with E-state index in [1.54, 1.807) is 0 Å². The van der Waals surface area contributed by atoms with Crippen molar-refractivity contribution < 1.29 is 19.1 Å². The van der Waals surface area contributed by atoms with Crippen LogP contribution in [0.25, 0.3) is 0 Å². The molecule has 1 aromatic heterocycles. The molecule has 1 heterocycles. The molecule has 0 unspecified atom stereocenters. The van der Waals surface area contributed by atoms with Crippen LogP contribution in [-0.2, 0) is 0 Å².